The average Bonchev–Trinajstić information content (AvgIpc) is 2.82. The molecule has 0 saturated carbocycles. The Balaban J connectivity index is 1.96. The Kier molecular flexibility index (Phi) is 8.04. The molecule has 0 aliphatic rings. The molecule has 0 fully saturated rings. The third kappa shape index (κ3) is 6.59. The van der Waals surface area contributed by atoms with E-state index in [9.17, 15) is 25.0 Å². The van der Waals surface area contributed by atoms with E-state index in [2.05, 4.69) is 20.9 Å². The highest BCUT2D eigenvalue weighted by atomic mass is 32.2. The zero-order valence-electron chi connectivity index (χ0n) is 18.2. The maximum Gasteiger partial charge on any atom is 0.303 e. The molecule has 12 nitrogen and oxygen atoms in total. The summed E-state index contributed by atoms with van der Waals surface area (Å²) in [7, 11) is 0. The Morgan fingerprint density at radius 3 is 2.31 bits per heavy atom. The largest absolute Gasteiger partial charge is 0.381 e. The van der Waals surface area contributed by atoms with Crippen LogP contribution in [0.5, 0.6) is 0 Å². The van der Waals surface area contributed by atoms with Crippen molar-refractivity contribution in [3.8, 4) is 5.40 Å². The number of hydrogen-bond acceptors (Lipinski definition) is 10. The molecule has 3 aromatic carbocycles. The lowest BCUT2D eigenvalue weighted by molar-refractivity contribution is -0.395. The Morgan fingerprint density at radius 2 is 1.69 bits per heavy atom. The predicted molar refractivity (Wildman–Crippen MR) is 130 cm³/mol. The topological polar surface area (TPSA) is 176 Å². The van der Waals surface area contributed by atoms with E-state index in [1.54, 1.807) is 23.6 Å². The van der Waals surface area contributed by atoms with Crippen LogP contribution in [-0.4, -0.2) is 15.8 Å². The number of thiocyanates is 1. The fraction of sp³-hybridized carbons (Fsp3) is 0.0909. The molecule has 0 aliphatic carbocycles. The number of nitriles is 1. The lowest BCUT2D eigenvalue weighted by Gasteiger charge is -2.11. The van der Waals surface area contributed by atoms with Crippen molar-refractivity contribution in [2.75, 3.05) is 10.6 Å². The zero-order valence-corrected chi connectivity index (χ0v) is 19.0. The van der Waals surface area contributed by atoms with Gasteiger partial charge in [-0.25, -0.2) is 0 Å². The van der Waals surface area contributed by atoms with Gasteiger partial charge in [-0.15, -0.1) is 10.2 Å². The highest BCUT2D eigenvalue weighted by Gasteiger charge is 2.25. The van der Waals surface area contributed by atoms with Crippen molar-refractivity contribution in [3.05, 3.63) is 86.5 Å². The lowest BCUT2D eigenvalue weighted by atomic mass is 10.2. The minimum atomic E-state index is -0.826. The van der Waals surface area contributed by atoms with Gasteiger partial charge in [0.15, 0.2) is 5.69 Å². The number of anilines is 2. The van der Waals surface area contributed by atoms with Crippen LogP contribution >= 0.6 is 11.8 Å². The van der Waals surface area contributed by atoms with Gasteiger partial charge in [0, 0.05) is 19.2 Å². The van der Waals surface area contributed by atoms with Crippen molar-refractivity contribution in [3.63, 3.8) is 0 Å². The number of nitrogens with zero attached hydrogens (tertiary/aromatic N) is 5. The van der Waals surface area contributed by atoms with Gasteiger partial charge in [0.2, 0.25) is 5.91 Å². The van der Waals surface area contributed by atoms with E-state index in [4.69, 9.17) is 5.26 Å². The summed E-state index contributed by atoms with van der Waals surface area (Å²) in [6, 6.07) is 16.4. The van der Waals surface area contributed by atoms with Gasteiger partial charge in [0.05, 0.1) is 21.6 Å². The molecule has 1 amide bonds. The summed E-state index contributed by atoms with van der Waals surface area (Å²) in [5, 5.41) is 47.1. The fourth-order valence-corrected chi connectivity index (χ4v) is 3.48. The molecule has 0 heterocycles. The van der Waals surface area contributed by atoms with Crippen LogP contribution in [0.25, 0.3) is 0 Å². The van der Waals surface area contributed by atoms with E-state index in [0.717, 1.165) is 17.7 Å². The molecule has 0 spiro atoms. The highest BCUT2D eigenvalue weighted by molar-refractivity contribution is 8.03. The summed E-state index contributed by atoms with van der Waals surface area (Å²) >= 11 is 0.478. The molecular weight excluding hydrogens is 474 g/mol. The summed E-state index contributed by atoms with van der Waals surface area (Å²) in [6.07, 6.45) is 0. The molecule has 0 aromatic heterocycles. The zero-order chi connectivity index (χ0) is 25.4. The Bertz CT molecular complexity index is 1360. The summed E-state index contributed by atoms with van der Waals surface area (Å²) in [6.45, 7) is 1.85. The lowest BCUT2D eigenvalue weighted by Crippen LogP contribution is -2.07. The minimum Gasteiger partial charge on any atom is -0.381 e. The number of nitro groups is 2. The smallest absolute Gasteiger partial charge is 0.303 e. The highest BCUT2D eigenvalue weighted by Crippen LogP contribution is 2.40. The van der Waals surface area contributed by atoms with Crippen molar-refractivity contribution in [2.24, 2.45) is 10.2 Å². The van der Waals surface area contributed by atoms with Gasteiger partial charge in [-0.1, -0.05) is 30.3 Å². The Morgan fingerprint density at radius 1 is 1.00 bits per heavy atom. The van der Waals surface area contributed by atoms with E-state index >= 15 is 0 Å². The van der Waals surface area contributed by atoms with Gasteiger partial charge >= 0.3 is 5.69 Å². The van der Waals surface area contributed by atoms with Crippen LogP contribution in [0.15, 0.2) is 75.8 Å². The molecule has 35 heavy (non-hydrogen) atoms. The standard InChI is InChI=1S/C22H17N7O5S/c1-14(30)25-18-9-16(24-12-15-5-3-2-4-6-15)7-8-17(18)26-27-19-10-22(35-13-23)21(29(33)34)11-20(19)28(31)32/h2-11,24H,12H2,1H3,(H,25,30)/b27-26+. The van der Waals surface area contributed by atoms with Gasteiger partial charge in [-0.3, -0.25) is 25.0 Å². The second-order valence-corrected chi connectivity index (χ2v) is 7.80. The molecule has 0 aliphatic heterocycles. The van der Waals surface area contributed by atoms with Crippen LogP contribution in [-0.2, 0) is 11.3 Å². The molecule has 13 heteroatoms. The molecule has 176 valence electrons. The number of nitrogens with one attached hydrogen (secondary N) is 2. The van der Waals surface area contributed by atoms with Crippen molar-refractivity contribution in [2.45, 2.75) is 18.4 Å². The monoisotopic (exact) mass is 491 g/mol. The normalized spacial score (nSPS) is 10.5. The van der Waals surface area contributed by atoms with Crippen molar-refractivity contribution < 1.29 is 14.6 Å². The summed E-state index contributed by atoms with van der Waals surface area (Å²) < 4.78 is 0. The fourth-order valence-electron chi connectivity index (χ4n) is 2.98. The third-order valence-corrected chi connectivity index (χ3v) is 5.16. The first-order chi connectivity index (χ1) is 16.8. The van der Waals surface area contributed by atoms with Gasteiger partial charge < -0.3 is 10.6 Å². The first kappa shape index (κ1) is 24.8. The minimum absolute atomic E-state index is 0.111. The molecule has 0 atom stereocenters. The molecule has 3 aromatic rings. The predicted octanol–water partition coefficient (Wildman–Crippen LogP) is 6.06. The number of amides is 1. The van der Waals surface area contributed by atoms with Crippen LogP contribution in [0.4, 0.5) is 34.1 Å². The first-order valence-electron chi connectivity index (χ1n) is 9.92. The number of thioether (sulfide) groups is 1. The van der Waals surface area contributed by atoms with Crippen LogP contribution in [0.3, 0.4) is 0 Å². The number of rotatable bonds is 9. The first-order valence-corrected chi connectivity index (χ1v) is 10.7. The molecule has 0 bridgehead atoms. The number of carbonyl (C=O) groups excluding carboxylic acids is 1. The number of benzene rings is 3. The molecule has 0 radical (unpaired) electrons. The SMILES string of the molecule is CC(=O)Nc1cc(NCc2ccccc2)ccc1/N=N/c1cc(SC#N)c([N+](=O)[O-])cc1[N+](=O)[O-]. The number of azo groups is 1. The summed E-state index contributed by atoms with van der Waals surface area (Å²) in [4.78, 5) is 32.7. The molecule has 0 saturated heterocycles. The van der Waals surface area contributed by atoms with E-state index in [1.807, 2.05) is 30.3 Å². The Hall–Kier alpha value is -4.83. The van der Waals surface area contributed by atoms with E-state index in [-0.39, 0.29) is 22.2 Å². The van der Waals surface area contributed by atoms with Crippen LogP contribution in [0.2, 0.25) is 0 Å². The van der Waals surface area contributed by atoms with Crippen LogP contribution in [0.1, 0.15) is 12.5 Å². The molecule has 0 unspecified atom stereocenters. The molecule has 2 N–H and O–H groups in total. The maximum absolute atomic E-state index is 11.7. The van der Waals surface area contributed by atoms with E-state index < -0.39 is 21.2 Å². The van der Waals surface area contributed by atoms with Crippen molar-refractivity contribution in [1.29, 1.82) is 5.26 Å². The second-order valence-electron chi connectivity index (χ2n) is 6.97. The Labute approximate surface area is 203 Å². The van der Waals surface area contributed by atoms with Crippen molar-refractivity contribution in [1.82, 2.24) is 0 Å². The summed E-state index contributed by atoms with van der Waals surface area (Å²) in [5.41, 5.74) is 0.723. The van der Waals surface area contributed by atoms with Crippen LogP contribution < -0.4 is 10.6 Å². The number of hydrogen-bond donors (Lipinski definition) is 2. The van der Waals surface area contributed by atoms with Gasteiger partial charge in [-0.2, -0.15) is 5.26 Å². The van der Waals surface area contributed by atoms with Crippen LogP contribution in [0, 0.1) is 30.9 Å². The van der Waals surface area contributed by atoms with E-state index in [0.29, 0.717) is 29.7 Å². The number of carbonyl (C=O) groups is 1. The maximum atomic E-state index is 11.7. The average molecular weight is 491 g/mol. The third-order valence-electron chi connectivity index (χ3n) is 4.52. The second kappa shape index (κ2) is 11.3. The van der Waals surface area contributed by atoms with Gasteiger partial charge in [-0.05, 0) is 41.6 Å². The van der Waals surface area contributed by atoms with E-state index in [1.165, 1.54) is 6.92 Å². The number of nitro benzene ring substituents is 2. The van der Waals surface area contributed by atoms with Crippen molar-refractivity contribution >= 4 is 51.8 Å². The summed E-state index contributed by atoms with van der Waals surface area (Å²) in [5.74, 6) is -0.365. The molecular formula is C22H17N7O5S. The van der Waals surface area contributed by atoms with Gasteiger partial charge in [0.25, 0.3) is 5.69 Å². The quantitative estimate of drug-likeness (QED) is 0.119. The molecule has 3 rings (SSSR count). The van der Waals surface area contributed by atoms with Gasteiger partial charge in [0.1, 0.15) is 16.0 Å².